The number of nitrogens with zero attached hydrogens (tertiary/aromatic N) is 1. The second kappa shape index (κ2) is 6.04. The predicted octanol–water partition coefficient (Wildman–Crippen LogP) is 2.66. The van der Waals surface area contributed by atoms with Crippen LogP contribution in [0.15, 0.2) is 24.4 Å². The molecular formula is C13H14ClN3OS. The molecule has 0 spiro atoms. The molecule has 0 saturated carbocycles. The number of nitrogens with two attached hydrogens (primary N) is 1. The molecule has 0 bridgehead atoms. The van der Waals surface area contributed by atoms with E-state index in [1.165, 1.54) is 17.5 Å². The van der Waals surface area contributed by atoms with Gasteiger partial charge in [0, 0.05) is 29.0 Å². The highest BCUT2D eigenvalue weighted by Gasteiger charge is 2.10. The standard InChI is InChI=1S/C13H14ClN3OS/c1-8-6-11(15)10(7-17-8)13(18)16-5-4-9-2-3-12(14)19-9/h2-3,6-7H,4-5H2,1H3,(H2,15,17)(H,16,18). The molecule has 2 aromatic heterocycles. The van der Waals surface area contributed by atoms with Crippen LogP contribution in [0.3, 0.4) is 0 Å². The number of thiophene rings is 1. The number of hydrogen-bond donors (Lipinski definition) is 2. The molecule has 0 unspecified atom stereocenters. The zero-order valence-electron chi connectivity index (χ0n) is 10.4. The van der Waals surface area contributed by atoms with Gasteiger partial charge >= 0.3 is 0 Å². The van der Waals surface area contributed by atoms with Crippen LogP contribution in [0.2, 0.25) is 4.34 Å². The zero-order chi connectivity index (χ0) is 13.8. The Kier molecular flexibility index (Phi) is 4.39. The second-order valence-electron chi connectivity index (χ2n) is 4.12. The first-order valence-corrected chi connectivity index (χ1v) is 7.00. The Morgan fingerprint density at radius 2 is 2.32 bits per heavy atom. The van der Waals surface area contributed by atoms with E-state index in [0.717, 1.165) is 21.3 Å². The van der Waals surface area contributed by atoms with Crippen LogP contribution >= 0.6 is 22.9 Å². The van der Waals surface area contributed by atoms with E-state index in [1.54, 1.807) is 6.07 Å². The summed E-state index contributed by atoms with van der Waals surface area (Å²) in [4.78, 5) is 17.1. The molecule has 3 N–H and O–H groups in total. The third kappa shape index (κ3) is 3.68. The van der Waals surface area contributed by atoms with E-state index < -0.39 is 0 Å². The highest BCUT2D eigenvalue weighted by molar-refractivity contribution is 7.16. The molecule has 0 aliphatic carbocycles. The van der Waals surface area contributed by atoms with Crippen molar-refractivity contribution in [1.82, 2.24) is 10.3 Å². The molecule has 0 aliphatic rings. The largest absolute Gasteiger partial charge is 0.398 e. The van der Waals surface area contributed by atoms with Crippen molar-refractivity contribution in [2.75, 3.05) is 12.3 Å². The number of rotatable bonds is 4. The number of carbonyl (C=O) groups excluding carboxylic acids is 1. The molecule has 0 aromatic carbocycles. The predicted molar refractivity (Wildman–Crippen MR) is 78.8 cm³/mol. The number of hydrogen-bond acceptors (Lipinski definition) is 4. The van der Waals surface area contributed by atoms with Gasteiger partial charge in [-0.15, -0.1) is 11.3 Å². The minimum absolute atomic E-state index is 0.201. The Bertz CT molecular complexity index is 597. The Morgan fingerprint density at radius 1 is 1.53 bits per heavy atom. The quantitative estimate of drug-likeness (QED) is 0.911. The second-order valence-corrected chi connectivity index (χ2v) is 5.92. The molecule has 4 nitrogen and oxygen atoms in total. The molecule has 0 atom stereocenters. The molecule has 1 amide bonds. The van der Waals surface area contributed by atoms with Gasteiger partial charge in [0.05, 0.1) is 9.90 Å². The van der Waals surface area contributed by atoms with E-state index in [0.29, 0.717) is 17.8 Å². The third-order valence-electron chi connectivity index (χ3n) is 2.60. The van der Waals surface area contributed by atoms with Gasteiger partial charge in [-0.05, 0) is 31.5 Å². The lowest BCUT2D eigenvalue weighted by atomic mass is 10.2. The Morgan fingerprint density at radius 3 is 2.95 bits per heavy atom. The molecule has 0 fully saturated rings. The van der Waals surface area contributed by atoms with Crippen molar-refractivity contribution in [3.63, 3.8) is 0 Å². The lowest BCUT2D eigenvalue weighted by Gasteiger charge is -2.07. The minimum atomic E-state index is -0.201. The van der Waals surface area contributed by atoms with Gasteiger partial charge in [-0.25, -0.2) is 0 Å². The SMILES string of the molecule is Cc1cc(N)c(C(=O)NCCc2ccc(Cl)s2)cn1. The fourth-order valence-corrected chi connectivity index (χ4v) is 2.74. The van der Waals surface area contributed by atoms with Crippen molar-refractivity contribution in [3.8, 4) is 0 Å². The van der Waals surface area contributed by atoms with Gasteiger partial charge in [0.25, 0.3) is 5.91 Å². The summed E-state index contributed by atoms with van der Waals surface area (Å²) in [6, 6.07) is 5.50. The Hall–Kier alpha value is -1.59. The van der Waals surface area contributed by atoms with E-state index in [4.69, 9.17) is 17.3 Å². The molecular weight excluding hydrogens is 282 g/mol. The molecule has 0 radical (unpaired) electrons. The number of aryl methyl sites for hydroxylation is 1. The Balaban J connectivity index is 1.90. The van der Waals surface area contributed by atoms with E-state index in [2.05, 4.69) is 10.3 Å². The Labute approximate surface area is 120 Å². The van der Waals surface area contributed by atoms with Gasteiger partial charge in [0.15, 0.2) is 0 Å². The van der Waals surface area contributed by atoms with Gasteiger partial charge in [0.1, 0.15) is 0 Å². The lowest BCUT2D eigenvalue weighted by Crippen LogP contribution is -2.26. The van der Waals surface area contributed by atoms with Crippen molar-refractivity contribution in [2.45, 2.75) is 13.3 Å². The van der Waals surface area contributed by atoms with Crippen LogP contribution in [0.4, 0.5) is 5.69 Å². The van der Waals surface area contributed by atoms with Crippen LogP contribution in [0.5, 0.6) is 0 Å². The summed E-state index contributed by atoms with van der Waals surface area (Å²) in [5.41, 5.74) is 7.45. The van der Waals surface area contributed by atoms with Gasteiger partial charge in [0.2, 0.25) is 0 Å². The first-order valence-electron chi connectivity index (χ1n) is 5.81. The van der Waals surface area contributed by atoms with E-state index in [1.807, 2.05) is 19.1 Å². The average molecular weight is 296 g/mol. The summed E-state index contributed by atoms with van der Waals surface area (Å²) < 4.78 is 0.758. The van der Waals surface area contributed by atoms with Gasteiger partial charge < -0.3 is 11.1 Å². The maximum absolute atomic E-state index is 11.9. The van der Waals surface area contributed by atoms with Crippen LogP contribution in [0.1, 0.15) is 20.9 Å². The van der Waals surface area contributed by atoms with Crippen LogP contribution < -0.4 is 11.1 Å². The minimum Gasteiger partial charge on any atom is -0.398 e. The number of halogens is 1. The van der Waals surface area contributed by atoms with Crippen molar-refractivity contribution >= 4 is 34.5 Å². The smallest absolute Gasteiger partial charge is 0.254 e. The molecule has 6 heteroatoms. The topological polar surface area (TPSA) is 68.0 Å². The lowest BCUT2D eigenvalue weighted by molar-refractivity contribution is 0.0955. The summed E-state index contributed by atoms with van der Waals surface area (Å²) >= 11 is 7.36. The fourth-order valence-electron chi connectivity index (χ4n) is 1.65. The number of amides is 1. The summed E-state index contributed by atoms with van der Waals surface area (Å²) in [6.45, 7) is 2.38. The monoisotopic (exact) mass is 295 g/mol. The number of pyridine rings is 1. The van der Waals surface area contributed by atoms with Crippen molar-refractivity contribution < 1.29 is 4.79 Å². The number of nitrogen functional groups attached to an aromatic ring is 1. The summed E-state index contributed by atoms with van der Waals surface area (Å²) in [5, 5.41) is 2.82. The third-order valence-corrected chi connectivity index (χ3v) is 3.89. The molecule has 2 heterocycles. The summed E-state index contributed by atoms with van der Waals surface area (Å²) in [6.07, 6.45) is 2.25. The molecule has 19 heavy (non-hydrogen) atoms. The van der Waals surface area contributed by atoms with Gasteiger partial charge in [-0.2, -0.15) is 0 Å². The van der Waals surface area contributed by atoms with E-state index >= 15 is 0 Å². The van der Waals surface area contributed by atoms with Crippen LogP contribution in [-0.4, -0.2) is 17.4 Å². The summed E-state index contributed by atoms with van der Waals surface area (Å²) in [7, 11) is 0. The zero-order valence-corrected chi connectivity index (χ0v) is 12.0. The average Bonchev–Trinajstić information content (AvgIpc) is 2.75. The molecule has 100 valence electrons. The van der Waals surface area contributed by atoms with Crippen LogP contribution in [0, 0.1) is 6.92 Å². The highest BCUT2D eigenvalue weighted by atomic mass is 35.5. The number of carbonyl (C=O) groups is 1. The van der Waals surface area contributed by atoms with Crippen molar-refractivity contribution in [3.05, 3.63) is 44.9 Å². The molecule has 0 aliphatic heterocycles. The van der Waals surface area contributed by atoms with Crippen molar-refractivity contribution in [1.29, 1.82) is 0 Å². The normalized spacial score (nSPS) is 10.4. The van der Waals surface area contributed by atoms with E-state index in [-0.39, 0.29) is 5.91 Å². The maximum atomic E-state index is 11.9. The van der Waals surface area contributed by atoms with Crippen molar-refractivity contribution in [2.24, 2.45) is 0 Å². The number of nitrogens with one attached hydrogen (secondary N) is 1. The molecule has 2 rings (SSSR count). The van der Waals surface area contributed by atoms with Gasteiger partial charge in [-0.1, -0.05) is 11.6 Å². The maximum Gasteiger partial charge on any atom is 0.254 e. The number of anilines is 1. The summed E-state index contributed by atoms with van der Waals surface area (Å²) in [5.74, 6) is -0.201. The number of aromatic nitrogens is 1. The van der Waals surface area contributed by atoms with Crippen LogP contribution in [0.25, 0.3) is 0 Å². The molecule has 0 saturated heterocycles. The highest BCUT2D eigenvalue weighted by Crippen LogP contribution is 2.21. The molecule has 2 aromatic rings. The van der Waals surface area contributed by atoms with E-state index in [9.17, 15) is 4.79 Å². The fraction of sp³-hybridized carbons (Fsp3) is 0.231. The first-order chi connectivity index (χ1) is 9.06. The first kappa shape index (κ1) is 13.8. The van der Waals surface area contributed by atoms with Gasteiger partial charge in [-0.3, -0.25) is 9.78 Å². The van der Waals surface area contributed by atoms with Crippen LogP contribution in [-0.2, 0) is 6.42 Å².